The molecule has 2 fully saturated rings. The van der Waals surface area contributed by atoms with E-state index < -0.39 is 0 Å². The van der Waals surface area contributed by atoms with Crippen molar-refractivity contribution < 1.29 is 9.26 Å². The maximum atomic E-state index is 5.50. The molecular weight excluding hydrogens is 302 g/mol. The van der Waals surface area contributed by atoms with Crippen LogP contribution in [-0.2, 0) is 11.3 Å². The molecule has 1 aromatic heterocycles. The number of hydrogen-bond acceptors (Lipinski definition) is 5. The van der Waals surface area contributed by atoms with Crippen molar-refractivity contribution in [3.05, 3.63) is 35.7 Å². The van der Waals surface area contributed by atoms with Gasteiger partial charge >= 0.3 is 0 Å². The van der Waals surface area contributed by atoms with Gasteiger partial charge in [-0.1, -0.05) is 30.1 Å². The van der Waals surface area contributed by atoms with E-state index in [1.165, 1.54) is 44.3 Å². The molecule has 2 aliphatic rings. The first-order valence-electron chi connectivity index (χ1n) is 9.11. The van der Waals surface area contributed by atoms with E-state index in [0.717, 1.165) is 31.0 Å². The summed E-state index contributed by atoms with van der Waals surface area (Å²) < 4.78 is 10.9. The van der Waals surface area contributed by atoms with E-state index in [1.54, 1.807) is 0 Å². The summed E-state index contributed by atoms with van der Waals surface area (Å²) in [7, 11) is 0. The molecule has 2 saturated heterocycles. The summed E-state index contributed by atoms with van der Waals surface area (Å²) in [5.74, 6) is 1.68. The van der Waals surface area contributed by atoms with Gasteiger partial charge in [-0.2, -0.15) is 4.98 Å². The van der Waals surface area contributed by atoms with Crippen LogP contribution in [0.3, 0.4) is 0 Å². The van der Waals surface area contributed by atoms with Crippen molar-refractivity contribution in [2.45, 2.75) is 44.6 Å². The average molecular weight is 327 g/mol. The van der Waals surface area contributed by atoms with E-state index in [2.05, 4.69) is 33.2 Å². The fraction of sp³-hybridized carbons (Fsp3) is 0.579. The third kappa shape index (κ3) is 3.68. The number of benzene rings is 1. The Morgan fingerprint density at radius 1 is 1.12 bits per heavy atom. The second-order valence-corrected chi connectivity index (χ2v) is 6.91. The van der Waals surface area contributed by atoms with E-state index >= 15 is 0 Å². The van der Waals surface area contributed by atoms with Crippen LogP contribution < -0.4 is 0 Å². The molecule has 0 spiro atoms. The van der Waals surface area contributed by atoms with Crippen molar-refractivity contribution in [1.82, 2.24) is 15.0 Å². The van der Waals surface area contributed by atoms with Crippen molar-refractivity contribution in [3.63, 3.8) is 0 Å². The van der Waals surface area contributed by atoms with Crippen molar-refractivity contribution in [3.8, 4) is 11.5 Å². The van der Waals surface area contributed by atoms with Crippen molar-refractivity contribution in [1.29, 1.82) is 0 Å². The summed E-state index contributed by atoms with van der Waals surface area (Å²) in [6.45, 7) is 4.91. The van der Waals surface area contributed by atoms with Gasteiger partial charge in [0.1, 0.15) is 0 Å². The molecule has 0 bridgehead atoms. The van der Waals surface area contributed by atoms with Gasteiger partial charge in [0, 0.05) is 24.6 Å². The number of ether oxygens (including phenoxy) is 1. The Bertz CT molecular complexity index is 656. The predicted molar refractivity (Wildman–Crippen MR) is 91.7 cm³/mol. The molecule has 2 aromatic rings. The lowest BCUT2D eigenvalue weighted by Crippen LogP contribution is -2.23. The first kappa shape index (κ1) is 15.8. The minimum absolute atomic E-state index is 0.280. The van der Waals surface area contributed by atoms with Crippen LogP contribution in [0.25, 0.3) is 11.5 Å². The van der Waals surface area contributed by atoms with Gasteiger partial charge in [-0.05, 0) is 50.0 Å². The zero-order valence-electron chi connectivity index (χ0n) is 14.1. The topological polar surface area (TPSA) is 51.4 Å². The minimum Gasteiger partial charge on any atom is -0.381 e. The Balaban J connectivity index is 1.47. The highest BCUT2D eigenvalue weighted by molar-refractivity contribution is 5.54. The Hall–Kier alpha value is -1.72. The second kappa shape index (κ2) is 7.45. The lowest BCUT2D eigenvalue weighted by atomic mass is 10.1. The summed E-state index contributed by atoms with van der Waals surface area (Å²) in [5, 5.41) is 4.16. The zero-order chi connectivity index (χ0) is 16.2. The molecule has 4 rings (SSSR count). The monoisotopic (exact) mass is 327 g/mol. The maximum absolute atomic E-state index is 5.50. The number of likely N-dealkylation sites (tertiary alicyclic amines) is 1. The van der Waals surface area contributed by atoms with Gasteiger partial charge in [0.05, 0.1) is 6.61 Å². The van der Waals surface area contributed by atoms with E-state index in [9.17, 15) is 0 Å². The highest BCUT2D eigenvalue weighted by Gasteiger charge is 2.23. The number of hydrogen-bond donors (Lipinski definition) is 0. The van der Waals surface area contributed by atoms with E-state index in [1.807, 2.05) is 6.07 Å². The predicted octanol–water partition coefficient (Wildman–Crippen LogP) is 3.62. The SMILES string of the molecule is c1cc(CN2CCCCCC2)cc(-c2nc(C3CCOC3)no2)c1. The third-order valence-corrected chi connectivity index (χ3v) is 5.02. The number of nitrogens with zero attached hydrogens (tertiary/aromatic N) is 3. The molecule has 1 aromatic carbocycles. The first-order valence-corrected chi connectivity index (χ1v) is 9.11. The lowest BCUT2D eigenvalue weighted by Gasteiger charge is -2.19. The molecule has 24 heavy (non-hydrogen) atoms. The van der Waals surface area contributed by atoms with Gasteiger partial charge in [-0.15, -0.1) is 0 Å². The van der Waals surface area contributed by atoms with Crippen LogP contribution in [0, 0.1) is 0 Å². The molecule has 0 amide bonds. The van der Waals surface area contributed by atoms with Gasteiger partial charge in [0.25, 0.3) is 5.89 Å². The molecule has 128 valence electrons. The Labute approximate surface area is 143 Å². The largest absolute Gasteiger partial charge is 0.381 e. The molecule has 0 aliphatic carbocycles. The van der Waals surface area contributed by atoms with Crippen LogP contribution in [0.1, 0.15) is 49.4 Å². The molecule has 0 radical (unpaired) electrons. The molecule has 2 aliphatic heterocycles. The minimum atomic E-state index is 0.280. The second-order valence-electron chi connectivity index (χ2n) is 6.91. The fourth-order valence-electron chi connectivity index (χ4n) is 3.61. The summed E-state index contributed by atoms with van der Waals surface area (Å²) in [5.41, 5.74) is 2.33. The first-order chi connectivity index (χ1) is 11.9. The van der Waals surface area contributed by atoms with E-state index in [4.69, 9.17) is 9.26 Å². The summed E-state index contributed by atoms with van der Waals surface area (Å²) in [6, 6.07) is 8.52. The van der Waals surface area contributed by atoms with Crippen LogP contribution in [0.2, 0.25) is 0 Å². The Kier molecular flexibility index (Phi) is 4.90. The highest BCUT2D eigenvalue weighted by atomic mass is 16.5. The van der Waals surface area contributed by atoms with Crippen LogP contribution in [-0.4, -0.2) is 41.3 Å². The summed E-state index contributed by atoms with van der Waals surface area (Å²) in [6.07, 6.45) is 6.35. The molecule has 1 atom stereocenters. The number of aromatic nitrogens is 2. The smallest absolute Gasteiger partial charge is 0.257 e. The van der Waals surface area contributed by atoms with E-state index in [0.29, 0.717) is 12.5 Å². The van der Waals surface area contributed by atoms with Crippen LogP contribution in [0.5, 0.6) is 0 Å². The maximum Gasteiger partial charge on any atom is 0.257 e. The molecule has 3 heterocycles. The third-order valence-electron chi connectivity index (χ3n) is 5.02. The van der Waals surface area contributed by atoms with Gasteiger partial charge < -0.3 is 9.26 Å². The zero-order valence-corrected chi connectivity index (χ0v) is 14.1. The van der Waals surface area contributed by atoms with Crippen molar-refractivity contribution in [2.24, 2.45) is 0 Å². The Morgan fingerprint density at radius 2 is 2.00 bits per heavy atom. The number of rotatable bonds is 4. The van der Waals surface area contributed by atoms with Gasteiger partial charge in [0.2, 0.25) is 0 Å². The van der Waals surface area contributed by atoms with Crippen molar-refractivity contribution >= 4 is 0 Å². The Morgan fingerprint density at radius 3 is 2.79 bits per heavy atom. The highest BCUT2D eigenvalue weighted by Crippen LogP contribution is 2.26. The van der Waals surface area contributed by atoms with Crippen LogP contribution in [0.15, 0.2) is 28.8 Å². The quantitative estimate of drug-likeness (QED) is 0.858. The fourth-order valence-corrected chi connectivity index (χ4v) is 3.61. The van der Waals surface area contributed by atoms with Gasteiger partial charge in [0.15, 0.2) is 5.82 Å². The molecule has 0 saturated carbocycles. The molecular formula is C19H25N3O2. The van der Waals surface area contributed by atoms with Gasteiger partial charge in [-0.25, -0.2) is 0 Å². The summed E-state index contributed by atoms with van der Waals surface area (Å²) >= 11 is 0. The molecule has 1 unspecified atom stereocenters. The molecule has 5 nitrogen and oxygen atoms in total. The average Bonchev–Trinajstić information content (AvgIpc) is 3.24. The van der Waals surface area contributed by atoms with Gasteiger partial charge in [-0.3, -0.25) is 4.90 Å². The van der Waals surface area contributed by atoms with Crippen LogP contribution >= 0.6 is 0 Å². The molecule has 5 heteroatoms. The lowest BCUT2D eigenvalue weighted by molar-refractivity contribution is 0.192. The van der Waals surface area contributed by atoms with E-state index in [-0.39, 0.29) is 5.92 Å². The van der Waals surface area contributed by atoms with Crippen molar-refractivity contribution in [2.75, 3.05) is 26.3 Å². The summed E-state index contributed by atoms with van der Waals surface area (Å²) in [4.78, 5) is 7.15. The standard InChI is InChI=1S/C19H25N3O2/c1-2-4-10-22(9-3-1)13-15-6-5-7-16(12-15)19-20-18(21-24-19)17-8-11-23-14-17/h5-7,12,17H,1-4,8-11,13-14H2. The van der Waals surface area contributed by atoms with Crippen LogP contribution in [0.4, 0.5) is 0 Å². The molecule has 0 N–H and O–H groups in total. The normalized spacial score (nSPS) is 22.6.